The Morgan fingerprint density at radius 2 is 2.19 bits per heavy atom. The lowest BCUT2D eigenvalue weighted by molar-refractivity contribution is -0.118. The molecule has 0 aliphatic rings. The fraction of sp³-hybridized carbons (Fsp3) is 0.357. The van der Waals surface area contributed by atoms with E-state index in [9.17, 15) is 9.59 Å². The third-order valence-corrected chi connectivity index (χ3v) is 5.93. The summed E-state index contributed by atoms with van der Waals surface area (Å²) in [5.41, 5.74) is 0.992. The predicted octanol–water partition coefficient (Wildman–Crippen LogP) is 3.17. The number of rotatable bonds is 7. The molecule has 0 fully saturated rings. The summed E-state index contributed by atoms with van der Waals surface area (Å²) in [6.07, 6.45) is 0.760. The second-order valence-corrected chi connectivity index (χ2v) is 7.71. The number of aryl methyl sites for hydroxylation is 1. The van der Waals surface area contributed by atoms with Gasteiger partial charge < -0.3 is 5.32 Å². The molecule has 7 heteroatoms. The lowest BCUT2D eigenvalue weighted by atomic mass is 10.3. The van der Waals surface area contributed by atoms with Gasteiger partial charge >= 0.3 is 0 Å². The Kier molecular flexibility index (Phi) is 5.96. The van der Waals surface area contributed by atoms with Crippen molar-refractivity contribution in [1.29, 1.82) is 0 Å². The molecule has 2 aromatic heterocycles. The van der Waals surface area contributed by atoms with Crippen molar-refractivity contribution in [1.82, 2.24) is 10.3 Å². The number of nitrogens with zero attached hydrogens (tertiary/aromatic N) is 1. The van der Waals surface area contributed by atoms with Gasteiger partial charge in [0, 0.05) is 29.4 Å². The van der Waals surface area contributed by atoms with Gasteiger partial charge in [0.2, 0.25) is 5.91 Å². The first-order valence-electron chi connectivity index (χ1n) is 6.46. The number of carbonyl (C=O) groups excluding carboxylic acids is 2. The minimum absolute atomic E-state index is 0.0296. The van der Waals surface area contributed by atoms with Gasteiger partial charge in [-0.3, -0.25) is 9.59 Å². The number of Topliss-reactive ketones (excluding diaryl/α,β-unsaturated/α-hetero) is 1. The Morgan fingerprint density at radius 1 is 1.38 bits per heavy atom. The highest BCUT2D eigenvalue weighted by Crippen LogP contribution is 2.25. The van der Waals surface area contributed by atoms with Gasteiger partial charge in [-0.1, -0.05) is 11.8 Å². The van der Waals surface area contributed by atoms with Crippen LogP contribution in [0.25, 0.3) is 0 Å². The van der Waals surface area contributed by atoms with E-state index in [0.717, 1.165) is 26.2 Å². The summed E-state index contributed by atoms with van der Waals surface area (Å²) in [5, 5.41) is 4.74. The third-order valence-electron chi connectivity index (χ3n) is 2.61. The van der Waals surface area contributed by atoms with Crippen LogP contribution in [0.3, 0.4) is 0 Å². The molecule has 0 unspecified atom stereocenters. The lowest BCUT2D eigenvalue weighted by Crippen LogP contribution is -2.22. The summed E-state index contributed by atoms with van der Waals surface area (Å²) in [7, 11) is 0. The molecule has 112 valence electrons. The summed E-state index contributed by atoms with van der Waals surface area (Å²) in [4.78, 5) is 29.1. The molecule has 0 saturated heterocycles. The first-order valence-corrected chi connectivity index (χ1v) is 9.14. The molecule has 1 amide bonds. The van der Waals surface area contributed by atoms with Gasteiger partial charge in [0.05, 0.1) is 10.6 Å². The summed E-state index contributed by atoms with van der Waals surface area (Å²) < 4.78 is 0.934. The van der Waals surface area contributed by atoms with Gasteiger partial charge in [-0.15, -0.1) is 22.7 Å². The van der Waals surface area contributed by atoms with E-state index in [0.29, 0.717) is 12.3 Å². The van der Waals surface area contributed by atoms with Gasteiger partial charge in [-0.25, -0.2) is 4.98 Å². The Bertz CT molecular complexity index is 634. The van der Waals surface area contributed by atoms with E-state index >= 15 is 0 Å². The normalized spacial score (nSPS) is 10.6. The number of nitrogens with one attached hydrogen (secondary N) is 1. The number of amides is 1. The Labute approximate surface area is 136 Å². The minimum atomic E-state index is -0.0296. The molecule has 21 heavy (non-hydrogen) atoms. The summed E-state index contributed by atoms with van der Waals surface area (Å²) in [5.74, 6) is 0.514. The molecule has 4 nitrogen and oxygen atoms in total. The maximum absolute atomic E-state index is 12.1. The Morgan fingerprint density at radius 3 is 2.86 bits per heavy atom. The number of ketones is 1. The lowest BCUT2D eigenvalue weighted by Gasteiger charge is -1.99. The second kappa shape index (κ2) is 7.72. The molecule has 0 spiro atoms. The van der Waals surface area contributed by atoms with E-state index in [1.54, 1.807) is 11.3 Å². The smallest absolute Gasteiger partial charge is 0.216 e. The SMILES string of the molecule is CC(=O)NCCc1ccc(C(=O)CSc2nc(C)cs2)s1. The van der Waals surface area contributed by atoms with E-state index in [1.165, 1.54) is 30.0 Å². The van der Waals surface area contributed by atoms with Crippen molar-refractivity contribution in [3.63, 3.8) is 0 Å². The predicted molar refractivity (Wildman–Crippen MR) is 88.6 cm³/mol. The van der Waals surface area contributed by atoms with Crippen LogP contribution in [0.15, 0.2) is 21.9 Å². The highest BCUT2D eigenvalue weighted by Gasteiger charge is 2.11. The summed E-state index contributed by atoms with van der Waals surface area (Å²) in [6, 6.07) is 3.82. The molecule has 0 saturated carbocycles. The molecule has 1 N–H and O–H groups in total. The first-order chi connectivity index (χ1) is 10.0. The molecule has 0 atom stereocenters. The van der Waals surface area contributed by atoms with Crippen LogP contribution < -0.4 is 5.32 Å². The molecule has 2 heterocycles. The average molecular weight is 340 g/mol. The third kappa shape index (κ3) is 5.26. The molecule has 0 radical (unpaired) electrons. The Hall–Kier alpha value is -1.18. The van der Waals surface area contributed by atoms with Crippen molar-refractivity contribution >= 4 is 46.1 Å². The van der Waals surface area contributed by atoms with Crippen LogP contribution in [0.5, 0.6) is 0 Å². The number of thiophene rings is 1. The number of hydrogen-bond donors (Lipinski definition) is 1. The van der Waals surface area contributed by atoms with Gasteiger partial charge in [0.15, 0.2) is 10.1 Å². The largest absolute Gasteiger partial charge is 0.356 e. The van der Waals surface area contributed by atoms with E-state index in [1.807, 2.05) is 24.4 Å². The molecular formula is C14H16N2O2S3. The van der Waals surface area contributed by atoms with Crippen molar-refractivity contribution in [2.75, 3.05) is 12.3 Å². The molecule has 0 bridgehead atoms. The highest BCUT2D eigenvalue weighted by molar-refractivity contribution is 8.01. The van der Waals surface area contributed by atoms with Crippen LogP contribution in [-0.2, 0) is 11.2 Å². The van der Waals surface area contributed by atoms with E-state index in [2.05, 4.69) is 10.3 Å². The van der Waals surface area contributed by atoms with Crippen LogP contribution in [-0.4, -0.2) is 29.0 Å². The second-order valence-electron chi connectivity index (χ2n) is 4.47. The van der Waals surface area contributed by atoms with E-state index in [-0.39, 0.29) is 11.7 Å². The fourth-order valence-corrected chi connectivity index (χ4v) is 4.39. The van der Waals surface area contributed by atoms with Crippen molar-refractivity contribution in [2.24, 2.45) is 0 Å². The monoisotopic (exact) mass is 340 g/mol. The van der Waals surface area contributed by atoms with Crippen LogP contribution in [0.1, 0.15) is 27.2 Å². The zero-order valence-electron chi connectivity index (χ0n) is 11.8. The number of carbonyl (C=O) groups is 2. The Balaban J connectivity index is 1.82. The molecule has 0 aromatic carbocycles. The quantitative estimate of drug-likeness (QED) is 0.621. The fourth-order valence-electron chi connectivity index (χ4n) is 1.62. The van der Waals surface area contributed by atoms with Gasteiger partial charge in [-0.2, -0.15) is 0 Å². The van der Waals surface area contributed by atoms with Crippen LogP contribution in [0, 0.1) is 6.92 Å². The van der Waals surface area contributed by atoms with Gasteiger partial charge in [0.25, 0.3) is 0 Å². The zero-order valence-corrected chi connectivity index (χ0v) is 14.3. The standard InChI is InChI=1S/C14H16N2O2S3/c1-9-7-19-14(16-9)20-8-12(18)13-4-3-11(21-13)5-6-15-10(2)17/h3-4,7H,5-6,8H2,1-2H3,(H,15,17). The van der Waals surface area contributed by atoms with Crippen molar-refractivity contribution < 1.29 is 9.59 Å². The molecular weight excluding hydrogens is 324 g/mol. The van der Waals surface area contributed by atoms with Crippen molar-refractivity contribution in [2.45, 2.75) is 24.6 Å². The summed E-state index contributed by atoms with van der Waals surface area (Å²) in [6.45, 7) is 4.06. The minimum Gasteiger partial charge on any atom is -0.356 e. The van der Waals surface area contributed by atoms with Gasteiger partial charge in [0.1, 0.15) is 0 Å². The molecule has 2 rings (SSSR count). The average Bonchev–Trinajstić information content (AvgIpc) is 3.05. The molecule has 2 aromatic rings. The highest BCUT2D eigenvalue weighted by atomic mass is 32.2. The first kappa shape index (κ1) is 16.2. The zero-order chi connectivity index (χ0) is 15.2. The summed E-state index contributed by atoms with van der Waals surface area (Å²) >= 11 is 4.55. The van der Waals surface area contributed by atoms with E-state index in [4.69, 9.17) is 0 Å². The van der Waals surface area contributed by atoms with Crippen molar-refractivity contribution in [3.8, 4) is 0 Å². The molecule has 0 aliphatic heterocycles. The number of thiazole rings is 1. The number of aromatic nitrogens is 1. The maximum atomic E-state index is 12.1. The number of hydrogen-bond acceptors (Lipinski definition) is 6. The molecule has 0 aliphatic carbocycles. The van der Waals surface area contributed by atoms with Crippen LogP contribution >= 0.6 is 34.4 Å². The van der Waals surface area contributed by atoms with Crippen molar-refractivity contribution in [3.05, 3.63) is 33.0 Å². The van der Waals surface area contributed by atoms with Gasteiger partial charge in [-0.05, 0) is 25.5 Å². The maximum Gasteiger partial charge on any atom is 0.216 e. The van der Waals surface area contributed by atoms with Crippen LogP contribution in [0.2, 0.25) is 0 Å². The van der Waals surface area contributed by atoms with E-state index < -0.39 is 0 Å². The van der Waals surface area contributed by atoms with Crippen LogP contribution in [0.4, 0.5) is 0 Å². The topological polar surface area (TPSA) is 59.1 Å². The number of thioether (sulfide) groups is 1.